The van der Waals surface area contributed by atoms with Crippen LogP contribution in [0.4, 0.5) is 23.7 Å². The fourth-order valence-electron chi connectivity index (χ4n) is 2.42. The second-order valence-electron chi connectivity index (χ2n) is 6.54. The molecule has 0 aromatic heterocycles. The molecule has 0 bridgehead atoms. The van der Waals surface area contributed by atoms with Crippen molar-refractivity contribution in [2.24, 2.45) is 0 Å². The summed E-state index contributed by atoms with van der Waals surface area (Å²) in [6, 6.07) is 0.791. The number of nitrogens with one attached hydrogen (secondary N) is 1. The molecule has 1 saturated heterocycles. The van der Waals surface area contributed by atoms with Crippen molar-refractivity contribution in [2.45, 2.75) is 45.3 Å². The first kappa shape index (κ1) is 18.1. The second kappa shape index (κ2) is 6.70. The van der Waals surface area contributed by atoms with Gasteiger partial charge < -0.3 is 10.1 Å². The van der Waals surface area contributed by atoms with Crippen LogP contribution in [0.25, 0.3) is 0 Å². The minimum absolute atomic E-state index is 0.327. The van der Waals surface area contributed by atoms with E-state index in [1.54, 1.807) is 20.8 Å². The Morgan fingerprint density at radius 1 is 1.21 bits per heavy atom. The van der Waals surface area contributed by atoms with Crippen LogP contribution < -0.4 is 5.32 Å². The number of likely N-dealkylation sites (tertiary alicyclic amines) is 1. The molecule has 1 N–H and O–H groups in total. The molecule has 0 radical (unpaired) electrons. The second-order valence-corrected chi connectivity index (χ2v) is 6.54. The summed E-state index contributed by atoms with van der Waals surface area (Å²) in [5.74, 6) is -5.17. The molecule has 0 saturated carbocycles. The molecule has 1 aromatic rings. The summed E-state index contributed by atoms with van der Waals surface area (Å²) in [6.07, 6.45) is 0.305. The van der Waals surface area contributed by atoms with Gasteiger partial charge >= 0.3 is 6.09 Å². The molecule has 0 unspecified atom stereocenters. The minimum atomic E-state index is -1.66. The Morgan fingerprint density at radius 3 is 2.50 bits per heavy atom. The van der Waals surface area contributed by atoms with Gasteiger partial charge in [-0.25, -0.2) is 18.0 Å². The van der Waals surface area contributed by atoms with Gasteiger partial charge in [-0.1, -0.05) is 0 Å². The molecule has 0 aliphatic carbocycles. The molecule has 2 rings (SSSR count). The Morgan fingerprint density at radius 2 is 1.88 bits per heavy atom. The molecular weight excluding hydrogens is 325 g/mol. The van der Waals surface area contributed by atoms with Crippen LogP contribution in [0.1, 0.15) is 33.6 Å². The summed E-state index contributed by atoms with van der Waals surface area (Å²) in [5, 5.41) is 2.20. The van der Waals surface area contributed by atoms with Gasteiger partial charge in [-0.3, -0.25) is 9.69 Å². The lowest BCUT2D eigenvalue weighted by Gasteiger charge is -2.28. The summed E-state index contributed by atoms with van der Waals surface area (Å²) < 4.78 is 45.0. The van der Waals surface area contributed by atoms with Crippen LogP contribution in [0, 0.1) is 17.5 Å². The van der Waals surface area contributed by atoms with Crippen molar-refractivity contribution < 1.29 is 27.5 Å². The Balaban J connectivity index is 2.11. The molecular formula is C16H19F3N2O3. The summed E-state index contributed by atoms with van der Waals surface area (Å²) in [6.45, 7) is 5.43. The monoisotopic (exact) mass is 344 g/mol. The topological polar surface area (TPSA) is 58.6 Å². The molecule has 1 fully saturated rings. The summed E-state index contributed by atoms with van der Waals surface area (Å²) in [5.41, 5.74) is -1.19. The number of nitrogens with zero attached hydrogens (tertiary/aromatic N) is 1. The van der Waals surface area contributed by atoms with Crippen LogP contribution in [0.2, 0.25) is 0 Å². The molecule has 1 heterocycles. The molecule has 1 aromatic carbocycles. The molecule has 1 atom stereocenters. The number of hydrogen-bond acceptors (Lipinski definition) is 3. The van der Waals surface area contributed by atoms with Crippen molar-refractivity contribution in [2.75, 3.05) is 11.9 Å². The maximum atomic E-state index is 13.7. The zero-order chi connectivity index (χ0) is 18.1. The molecule has 1 aliphatic heterocycles. The van der Waals surface area contributed by atoms with Gasteiger partial charge in [-0.15, -0.1) is 0 Å². The highest BCUT2D eigenvalue weighted by Gasteiger charge is 2.37. The average molecular weight is 344 g/mol. The first-order chi connectivity index (χ1) is 11.1. The number of anilines is 1. The van der Waals surface area contributed by atoms with E-state index in [1.807, 2.05) is 0 Å². The number of halogens is 3. The van der Waals surface area contributed by atoms with Gasteiger partial charge in [-0.05, 0) is 45.7 Å². The Kier molecular flexibility index (Phi) is 5.05. The van der Waals surface area contributed by atoms with Crippen molar-refractivity contribution in [3.63, 3.8) is 0 Å². The zero-order valence-corrected chi connectivity index (χ0v) is 13.7. The summed E-state index contributed by atoms with van der Waals surface area (Å²) in [4.78, 5) is 25.7. The number of carbonyl (C=O) groups excluding carboxylic acids is 2. The van der Waals surface area contributed by atoms with E-state index >= 15 is 0 Å². The van der Waals surface area contributed by atoms with E-state index in [2.05, 4.69) is 5.32 Å². The lowest BCUT2D eigenvalue weighted by atomic mass is 10.2. The van der Waals surface area contributed by atoms with E-state index in [-0.39, 0.29) is 0 Å². The molecule has 2 amide bonds. The van der Waals surface area contributed by atoms with E-state index in [0.717, 1.165) is 6.07 Å². The Labute approximate surface area is 137 Å². The van der Waals surface area contributed by atoms with E-state index in [4.69, 9.17) is 4.74 Å². The number of hydrogen-bond donors (Lipinski definition) is 1. The minimum Gasteiger partial charge on any atom is -0.444 e. The van der Waals surface area contributed by atoms with Gasteiger partial charge in [0.1, 0.15) is 11.6 Å². The maximum absolute atomic E-state index is 13.7. The van der Waals surface area contributed by atoms with Gasteiger partial charge in [0, 0.05) is 6.54 Å². The fraction of sp³-hybridized carbons (Fsp3) is 0.500. The van der Waals surface area contributed by atoms with Crippen LogP contribution in [-0.4, -0.2) is 35.1 Å². The van der Waals surface area contributed by atoms with E-state index in [0.29, 0.717) is 25.5 Å². The Hall–Kier alpha value is -2.25. The summed E-state index contributed by atoms with van der Waals surface area (Å²) >= 11 is 0. The normalized spacial score (nSPS) is 17.8. The van der Waals surface area contributed by atoms with Gasteiger partial charge in [0.2, 0.25) is 5.91 Å². The van der Waals surface area contributed by atoms with Crippen LogP contribution in [0.3, 0.4) is 0 Å². The van der Waals surface area contributed by atoms with Crippen LogP contribution in [-0.2, 0) is 9.53 Å². The maximum Gasteiger partial charge on any atom is 0.410 e. The smallest absolute Gasteiger partial charge is 0.410 e. The highest BCUT2D eigenvalue weighted by Crippen LogP contribution is 2.24. The third kappa shape index (κ3) is 3.98. The number of ether oxygens (including phenoxy) is 1. The van der Waals surface area contributed by atoms with E-state index in [1.165, 1.54) is 4.90 Å². The van der Waals surface area contributed by atoms with Crippen LogP contribution >= 0.6 is 0 Å². The molecule has 1 aliphatic rings. The van der Waals surface area contributed by atoms with Gasteiger partial charge in [0.05, 0.1) is 5.69 Å². The largest absolute Gasteiger partial charge is 0.444 e. The molecule has 0 spiro atoms. The van der Waals surface area contributed by atoms with Crippen molar-refractivity contribution in [3.05, 3.63) is 29.6 Å². The first-order valence-electron chi connectivity index (χ1n) is 7.54. The van der Waals surface area contributed by atoms with Gasteiger partial charge in [0.15, 0.2) is 17.5 Å². The lowest BCUT2D eigenvalue weighted by Crippen LogP contribution is -2.45. The van der Waals surface area contributed by atoms with Crippen molar-refractivity contribution in [3.8, 4) is 0 Å². The lowest BCUT2D eigenvalue weighted by molar-refractivity contribution is -0.120. The third-order valence-corrected chi connectivity index (χ3v) is 3.48. The highest BCUT2D eigenvalue weighted by molar-refractivity contribution is 5.97. The molecule has 132 valence electrons. The zero-order valence-electron chi connectivity index (χ0n) is 13.7. The van der Waals surface area contributed by atoms with Crippen molar-refractivity contribution >= 4 is 17.7 Å². The highest BCUT2D eigenvalue weighted by atomic mass is 19.2. The SMILES string of the molecule is CC(C)(C)OC(=O)N1CCC[C@H]1C(=O)Nc1ccc(F)c(F)c1F. The summed E-state index contributed by atoms with van der Waals surface area (Å²) in [7, 11) is 0. The predicted octanol–water partition coefficient (Wildman–Crippen LogP) is 3.44. The number of benzene rings is 1. The van der Waals surface area contributed by atoms with E-state index in [9.17, 15) is 22.8 Å². The molecule has 8 heteroatoms. The number of carbonyl (C=O) groups is 2. The van der Waals surface area contributed by atoms with Crippen molar-refractivity contribution in [1.29, 1.82) is 0 Å². The molecule has 24 heavy (non-hydrogen) atoms. The Bertz CT molecular complexity index is 659. The quantitative estimate of drug-likeness (QED) is 0.836. The van der Waals surface area contributed by atoms with E-state index < -0.39 is 46.8 Å². The average Bonchev–Trinajstić information content (AvgIpc) is 2.96. The fourth-order valence-corrected chi connectivity index (χ4v) is 2.42. The number of rotatable bonds is 2. The third-order valence-electron chi connectivity index (χ3n) is 3.48. The van der Waals surface area contributed by atoms with Crippen LogP contribution in [0.15, 0.2) is 12.1 Å². The predicted molar refractivity (Wildman–Crippen MR) is 80.9 cm³/mol. The van der Waals surface area contributed by atoms with Gasteiger partial charge in [0.25, 0.3) is 0 Å². The van der Waals surface area contributed by atoms with Crippen molar-refractivity contribution in [1.82, 2.24) is 4.90 Å². The number of amides is 2. The first-order valence-corrected chi connectivity index (χ1v) is 7.54. The van der Waals surface area contributed by atoms with Crippen LogP contribution in [0.5, 0.6) is 0 Å². The van der Waals surface area contributed by atoms with Gasteiger partial charge in [-0.2, -0.15) is 0 Å². The standard InChI is InChI=1S/C16H19F3N2O3/c1-16(2,3)24-15(23)21-8-4-5-11(21)14(22)20-10-7-6-9(17)12(18)13(10)19/h6-7,11H,4-5,8H2,1-3H3,(H,20,22)/t11-/m0/s1. The molecule has 5 nitrogen and oxygen atoms in total.